The first-order chi connectivity index (χ1) is 13.7. The largest absolute Gasteiger partial charge is 0.350 e. The van der Waals surface area contributed by atoms with Crippen molar-refractivity contribution in [2.24, 2.45) is 23.7 Å². The number of aldehydes is 2. The topological polar surface area (TPSA) is 80.3 Å². The number of carbonyl (C=O) groups excluding carboxylic acids is 2. The van der Waals surface area contributed by atoms with Crippen LogP contribution >= 0.6 is 0 Å². The quantitative estimate of drug-likeness (QED) is 0.676. The minimum atomic E-state index is -0.392. The summed E-state index contributed by atoms with van der Waals surface area (Å²) in [4.78, 5) is 22.0. The molecule has 0 aromatic rings. The molecule has 28 heavy (non-hydrogen) atoms. The average molecular weight is 394 g/mol. The third-order valence-electron chi connectivity index (χ3n) is 7.33. The molecule has 0 N–H and O–H groups in total. The van der Waals surface area contributed by atoms with Crippen LogP contribution in [-0.4, -0.2) is 56.4 Å². The van der Waals surface area contributed by atoms with Gasteiger partial charge in [0, 0.05) is 23.7 Å². The Morgan fingerprint density at radius 3 is 1.75 bits per heavy atom. The molecule has 2 aliphatic carbocycles. The second kappa shape index (κ2) is 8.11. The van der Waals surface area contributed by atoms with Crippen LogP contribution in [0.4, 0.5) is 0 Å². The van der Waals surface area contributed by atoms with Gasteiger partial charge >= 0.3 is 0 Å². The molecule has 0 radical (unpaired) electrons. The van der Waals surface area contributed by atoms with Crippen molar-refractivity contribution >= 4 is 12.6 Å². The number of fused-ring (bicyclic) bond motifs is 3. The Morgan fingerprint density at radius 1 is 0.571 bits per heavy atom. The maximum absolute atomic E-state index is 11.0. The lowest BCUT2D eigenvalue weighted by molar-refractivity contribution is -0.289. The molecule has 156 valence electrons. The van der Waals surface area contributed by atoms with Crippen molar-refractivity contribution in [3.05, 3.63) is 0 Å². The summed E-state index contributed by atoms with van der Waals surface area (Å²) >= 11 is 0. The van der Waals surface area contributed by atoms with Gasteiger partial charge in [0.1, 0.15) is 30.9 Å². The highest BCUT2D eigenvalue weighted by Crippen LogP contribution is 2.43. The molecule has 5 rings (SSSR count). The molecular weight excluding hydrogens is 364 g/mol. The predicted octanol–water partition coefficient (Wildman–Crippen LogP) is 2.20. The van der Waals surface area contributed by atoms with Crippen LogP contribution in [0.15, 0.2) is 0 Å². The van der Waals surface area contributed by atoms with Crippen molar-refractivity contribution in [3.8, 4) is 0 Å². The molecule has 0 bridgehead atoms. The minimum Gasteiger partial charge on any atom is -0.350 e. The van der Waals surface area contributed by atoms with Gasteiger partial charge in [-0.25, -0.2) is 0 Å². The van der Waals surface area contributed by atoms with E-state index < -0.39 is 6.29 Å². The summed E-state index contributed by atoms with van der Waals surface area (Å²) in [6, 6.07) is 0. The van der Waals surface area contributed by atoms with Crippen molar-refractivity contribution in [1.29, 1.82) is 0 Å². The molecule has 0 aromatic heterocycles. The Bertz CT molecular complexity index is 567. The fraction of sp³-hybridized carbons (Fsp3) is 0.905. The minimum absolute atomic E-state index is 0.149. The van der Waals surface area contributed by atoms with Gasteiger partial charge in [0.05, 0.1) is 6.61 Å². The van der Waals surface area contributed by atoms with E-state index >= 15 is 0 Å². The summed E-state index contributed by atoms with van der Waals surface area (Å²) in [5.41, 5.74) is 0. The van der Waals surface area contributed by atoms with Crippen LogP contribution in [0.3, 0.4) is 0 Å². The molecule has 0 aromatic carbocycles. The molecular formula is C21H30O7. The number of hydrogen-bond acceptors (Lipinski definition) is 7. The normalized spacial score (nSPS) is 51.3. The number of rotatable bonds is 4. The molecule has 0 amide bonds. The van der Waals surface area contributed by atoms with Crippen LogP contribution in [0, 0.1) is 23.7 Å². The Balaban J connectivity index is 1.17. The number of ether oxygens (including phenoxy) is 5. The fourth-order valence-electron chi connectivity index (χ4n) is 5.52. The predicted molar refractivity (Wildman–Crippen MR) is 96.0 cm³/mol. The third-order valence-corrected chi connectivity index (χ3v) is 7.33. The van der Waals surface area contributed by atoms with E-state index in [-0.39, 0.29) is 42.7 Å². The van der Waals surface area contributed by atoms with Crippen molar-refractivity contribution in [2.75, 3.05) is 6.61 Å². The van der Waals surface area contributed by atoms with Crippen LogP contribution in [0.1, 0.15) is 51.4 Å². The van der Waals surface area contributed by atoms with E-state index in [4.69, 9.17) is 23.7 Å². The Hall–Kier alpha value is -0.860. The smallest absolute Gasteiger partial charge is 0.190 e. The lowest BCUT2D eigenvalue weighted by Gasteiger charge is -2.39. The molecule has 0 spiro atoms. The van der Waals surface area contributed by atoms with Crippen molar-refractivity contribution in [1.82, 2.24) is 0 Å². The summed E-state index contributed by atoms with van der Waals surface area (Å²) in [6.45, 7) is 0.498. The standard InChI is InChI=1S/C21H30O7/c22-9-12-1-5-14(6-2-12)19-24-11-16-17(26-19)18-21(25-16)28-20(27-18)15-7-3-13(10-23)4-8-15/h9-10,12-21H,1-8,11H2. The Labute approximate surface area is 165 Å². The van der Waals surface area contributed by atoms with Crippen LogP contribution < -0.4 is 0 Å². The van der Waals surface area contributed by atoms with Crippen molar-refractivity contribution < 1.29 is 33.3 Å². The van der Waals surface area contributed by atoms with E-state index in [0.717, 1.165) is 63.9 Å². The zero-order valence-electron chi connectivity index (χ0n) is 16.1. The SMILES string of the molecule is O=CC1CCC(C2OCC3OC4OC(C5CCC(C=O)CC5)OC4C3O2)CC1. The molecule has 3 saturated heterocycles. The summed E-state index contributed by atoms with van der Waals surface area (Å²) in [6.07, 6.45) is 8.21. The summed E-state index contributed by atoms with van der Waals surface area (Å²) < 4.78 is 30.7. The van der Waals surface area contributed by atoms with E-state index in [1.54, 1.807) is 0 Å². The van der Waals surface area contributed by atoms with Crippen LogP contribution in [-0.2, 0) is 33.3 Å². The van der Waals surface area contributed by atoms with Crippen LogP contribution in [0.25, 0.3) is 0 Å². The van der Waals surface area contributed by atoms with Crippen LogP contribution in [0.2, 0.25) is 0 Å². The summed E-state index contributed by atoms with van der Waals surface area (Å²) in [5, 5.41) is 0. The van der Waals surface area contributed by atoms with Gasteiger partial charge in [-0.2, -0.15) is 0 Å². The van der Waals surface area contributed by atoms with Gasteiger partial charge in [0.15, 0.2) is 18.9 Å². The first-order valence-electron chi connectivity index (χ1n) is 10.9. The molecule has 3 aliphatic heterocycles. The first kappa shape index (κ1) is 19.1. The molecule has 7 heteroatoms. The Morgan fingerprint density at radius 2 is 1.14 bits per heavy atom. The van der Waals surface area contributed by atoms with Crippen LogP contribution in [0.5, 0.6) is 0 Å². The van der Waals surface area contributed by atoms with E-state index in [0.29, 0.717) is 18.4 Å². The molecule has 6 atom stereocenters. The fourth-order valence-corrected chi connectivity index (χ4v) is 5.52. The van der Waals surface area contributed by atoms with Gasteiger partial charge in [-0.1, -0.05) is 0 Å². The Kier molecular flexibility index (Phi) is 5.54. The van der Waals surface area contributed by atoms with Gasteiger partial charge in [0.2, 0.25) is 0 Å². The van der Waals surface area contributed by atoms with Gasteiger partial charge < -0.3 is 33.3 Å². The van der Waals surface area contributed by atoms with E-state index in [2.05, 4.69) is 0 Å². The van der Waals surface area contributed by atoms with Gasteiger partial charge in [-0.15, -0.1) is 0 Å². The molecule has 5 fully saturated rings. The van der Waals surface area contributed by atoms with Gasteiger partial charge in [-0.3, -0.25) is 0 Å². The first-order valence-corrected chi connectivity index (χ1v) is 10.9. The van der Waals surface area contributed by atoms with E-state index in [9.17, 15) is 9.59 Å². The average Bonchev–Trinajstić information content (AvgIpc) is 3.32. The zero-order chi connectivity index (χ0) is 19.1. The van der Waals surface area contributed by atoms with Gasteiger partial charge in [-0.05, 0) is 51.4 Å². The van der Waals surface area contributed by atoms with Crippen molar-refractivity contribution in [3.63, 3.8) is 0 Å². The molecule has 2 saturated carbocycles. The maximum Gasteiger partial charge on any atom is 0.190 e. The third kappa shape index (κ3) is 3.56. The monoisotopic (exact) mass is 394 g/mol. The number of hydrogen-bond donors (Lipinski definition) is 0. The van der Waals surface area contributed by atoms with Gasteiger partial charge in [0.25, 0.3) is 0 Å². The summed E-state index contributed by atoms with van der Waals surface area (Å²) in [5.74, 6) is 1.02. The molecule has 7 nitrogen and oxygen atoms in total. The van der Waals surface area contributed by atoms with E-state index in [1.807, 2.05) is 0 Å². The highest BCUT2D eigenvalue weighted by atomic mass is 16.8. The lowest BCUT2D eigenvalue weighted by atomic mass is 9.82. The zero-order valence-corrected chi connectivity index (χ0v) is 16.1. The second-order valence-electron chi connectivity index (χ2n) is 9.07. The summed E-state index contributed by atoms with van der Waals surface area (Å²) in [7, 11) is 0. The number of carbonyl (C=O) groups is 2. The lowest BCUT2D eigenvalue weighted by Crippen LogP contribution is -2.49. The molecule has 3 heterocycles. The highest BCUT2D eigenvalue weighted by Gasteiger charge is 2.57. The molecule has 5 aliphatic rings. The van der Waals surface area contributed by atoms with Crippen molar-refractivity contribution in [2.45, 2.75) is 88.5 Å². The van der Waals surface area contributed by atoms with E-state index in [1.165, 1.54) is 0 Å². The maximum atomic E-state index is 11.0. The highest BCUT2D eigenvalue weighted by molar-refractivity contribution is 5.53. The molecule has 6 unspecified atom stereocenters. The second-order valence-corrected chi connectivity index (χ2v) is 9.07.